The molecule has 0 aliphatic heterocycles. The summed E-state index contributed by atoms with van der Waals surface area (Å²) in [5, 5.41) is 6.78. The minimum Gasteiger partial charge on any atom is -0.469 e. The third kappa shape index (κ3) is 3.47. The van der Waals surface area contributed by atoms with Gasteiger partial charge >= 0.3 is 0 Å². The molecular formula is C14H18N2O3. The molecule has 0 aromatic carbocycles. The summed E-state index contributed by atoms with van der Waals surface area (Å²) < 4.78 is 10.3. The first-order valence-corrected chi connectivity index (χ1v) is 6.29. The molecule has 5 heteroatoms. The molecule has 0 unspecified atom stereocenters. The molecule has 5 nitrogen and oxygen atoms in total. The van der Waals surface area contributed by atoms with Gasteiger partial charge in [0.05, 0.1) is 18.4 Å². The van der Waals surface area contributed by atoms with Crippen LogP contribution < -0.4 is 5.32 Å². The average molecular weight is 262 g/mol. The number of furan rings is 1. The van der Waals surface area contributed by atoms with Crippen LogP contribution in [0.15, 0.2) is 27.3 Å². The molecule has 0 aliphatic carbocycles. The number of aromatic nitrogens is 1. The van der Waals surface area contributed by atoms with Crippen molar-refractivity contribution in [2.24, 2.45) is 0 Å². The Labute approximate surface area is 112 Å². The summed E-state index contributed by atoms with van der Waals surface area (Å²) >= 11 is 0. The standard InChI is InChI=1S/C14H18N2O3/c1-9(7-12-5-4-6-18-12)15-14(17)8-13-10(2)16-19-11(13)3/h4-6,9H,7-8H2,1-3H3,(H,15,17)/t9-/m0/s1. The van der Waals surface area contributed by atoms with Gasteiger partial charge in [-0.3, -0.25) is 4.79 Å². The fourth-order valence-corrected chi connectivity index (χ4v) is 2.02. The topological polar surface area (TPSA) is 68.3 Å². The lowest BCUT2D eigenvalue weighted by Crippen LogP contribution is -2.35. The number of amides is 1. The zero-order valence-corrected chi connectivity index (χ0v) is 11.4. The van der Waals surface area contributed by atoms with Crippen LogP contribution in [0, 0.1) is 13.8 Å². The van der Waals surface area contributed by atoms with Gasteiger partial charge in [-0.1, -0.05) is 5.16 Å². The molecule has 0 radical (unpaired) electrons. The molecule has 102 valence electrons. The van der Waals surface area contributed by atoms with Crippen LogP contribution in [0.5, 0.6) is 0 Å². The summed E-state index contributed by atoms with van der Waals surface area (Å²) in [7, 11) is 0. The number of rotatable bonds is 5. The van der Waals surface area contributed by atoms with Crippen LogP contribution in [0.4, 0.5) is 0 Å². The number of aryl methyl sites for hydroxylation is 2. The lowest BCUT2D eigenvalue weighted by molar-refractivity contribution is -0.121. The number of carbonyl (C=O) groups excluding carboxylic acids is 1. The summed E-state index contributed by atoms with van der Waals surface area (Å²) in [6, 6.07) is 3.77. The molecule has 2 aromatic heterocycles. The number of hydrogen-bond donors (Lipinski definition) is 1. The van der Waals surface area contributed by atoms with Gasteiger partial charge in [0, 0.05) is 18.0 Å². The van der Waals surface area contributed by atoms with Crippen LogP contribution >= 0.6 is 0 Å². The fraction of sp³-hybridized carbons (Fsp3) is 0.429. The van der Waals surface area contributed by atoms with Gasteiger partial charge < -0.3 is 14.3 Å². The third-order valence-corrected chi connectivity index (χ3v) is 3.01. The van der Waals surface area contributed by atoms with Crippen molar-refractivity contribution in [1.29, 1.82) is 0 Å². The Morgan fingerprint density at radius 2 is 2.26 bits per heavy atom. The lowest BCUT2D eigenvalue weighted by atomic mass is 10.1. The van der Waals surface area contributed by atoms with Crippen molar-refractivity contribution in [2.45, 2.75) is 39.7 Å². The monoisotopic (exact) mass is 262 g/mol. The Morgan fingerprint density at radius 1 is 1.47 bits per heavy atom. The molecule has 1 atom stereocenters. The molecule has 0 aliphatic rings. The van der Waals surface area contributed by atoms with Crippen LogP contribution in [0.1, 0.15) is 29.7 Å². The molecule has 1 N–H and O–H groups in total. The highest BCUT2D eigenvalue weighted by molar-refractivity contribution is 5.79. The van der Waals surface area contributed by atoms with Crippen molar-refractivity contribution in [3.05, 3.63) is 41.2 Å². The van der Waals surface area contributed by atoms with E-state index < -0.39 is 0 Å². The van der Waals surface area contributed by atoms with Crippen molar-refractivity contribution in [1.82, 2.24) is 10.5 Å². The second kappa shape index (κ2) is 5.73. The molecule has 0 saturated carbocycles. The van der Waals surface area contributed by atoms with Crippen molar-refractivity contribution < 1.29 is 13.7 Å². The molecule has 19 heavy (non-hydrogen) atoms. The van der Waals surface area contributed by atoms with E-state index in [1.807, 2.05) is 32.9 Å². The van der Waals surface area contributed by atoms with E-state index in [2.05, 4.69) is 10.5 Å². The molecule has 0 fully saturated rings. The third-order valence-electron chi connectivity index (χ3n) is 3.01. The first kappa shape index (κ1) is 13.4. The van der Waals surface area contributed by atoms with Gasteiger partial charge in [0.15, 0.2) is 0 Å². The van der Waals surface area contributed by atoms with Gasteiger partial charge in [-0.15, -0.1) is 0 Å². The smallest absolute Gasteiger partial charge is 0.224 e. The van der Waals surface area contributed by atoms with E-state index in [-0.39, 0.29) is 11.9 Å². The van der Waals surface area contributed by atoms with Crippen molar-refractivity contribution >= 4 is 5.91 Å². The summed E-state index contributed by atoms with van der Waals surface area (Å²) in [5.41, 5.74) is 1.63. The number of hydrogen-bond acceptors (Lipinski definition) is 4. The van der Waals surface area contributed by atoms with E-state index in [0.717, 1.165) is 17.0 Å². The van der Waals surface area contributed by atoms with Crippen molar-refractivity contribution in [3.63, 3.8) is 0 Å². The van der Waals surface area contributed by atoms with E-state index in [1.54, 1.807) is 6.26 Å². The average Bonchev–Trinajstić information content (AvgIpc) is 2.94. The molecule has 0 bridgehead atoms. The van der Waals surface area contributed by atoms with Crippen LogP contribution in [0.25, 0.3) is 0 Å². The largest absolute Gasteiger partial charge is 0.469 e. The summed E-state index contributed by atoms with van der Waals surface area (Å²) in [4.78, 5) is 11.9. The second-order valence-electron chi connectivity index (χ2n) is 4.73. The highest BCUT2D eigenvalue weighted by Crippen LogP contribution is 2.13. The Kier molecular flexibility index (Phi) is 4.04. The van der Waals surface area contributed by atoms with Gasteiger partial charge in [-0.05, 0) is 32.9 Å². The van der Waals surface area contributed by atoms with Gasteiger partial charge in [-0.2, -0.15) is 0 Å². The number of nitrogens with one attached hydrogen (secondary N) is 1. The Bertz CT molecular complexity index is 524. The maximum Gasteiger partial charge on any atom is 0.224 e. The quantitative estimate of drug-likeness (QED) is 0.896. The maximum atomic E-state index is 11.9. The Balaban J connectivity index is 1.87. The normalized spacial score (nSPS) is 12.4. The van der Waals surface area contributed by atoms with Crippen LogP contribution in [0.3, 0.4) is 0 Å². The summed E-state index contributed by atoms with van der Waals surface area (Å²) in [6.07, 6.45) is 2.61. The Morgan fingerprint density at radius 3 is 2.84 bits per heavy atom. The van der Waals surface area contributed by atoms with Gasteiger partial charge in [0.25, 0.3) is 0 Å². The molecule has 2 aromatic rings. The fourth-order valence-electron chi connectivity index (χ4n) is 2.02. The number of carbonyl (C=O) groups is 1. The lowest BCUT2D eigenvalue weighted by Gasteiger charge is -2.12. The summed E-state index contributed by atoms with van der Waals surface area (Å²) in [5.74, 6) is 1.53. The summed E-state index contributed by atoms with van der Waals surface area (Å²) in [6.45, 7) is 5.61. The van der Waals surface area contributed by atoms with Crippen molar-refractivity contribution in [2.75, 3.05) is 0 Å². The van der Waals surface area contributed by atoms with E-state index in [4.69, 9.17) is 8.94 Å². The molecule has 2 rings (SSSR count). The van der Waals surface area contributed by atoms with Crippen LogP contribution in [-0.4, -0.2) is 17.1 Å². The molecule has 0 spiro atoms. The van der Waals surface area contributed by atoms with E-state index in [9.17, 15) is 4.79 Å². The number of nitrogens with zero attached hydrogens (tertiary/aromatic N) is 1. The second-order valence-corrected chi connectivity index (χ2v) is 4.73. The first-order valence-electron chi connectivity index (χ1n) is 6.29. The van der Waals surface area contributed by atoms with Gasteiger partial charge in [0.1, 0.15) is 11.5 Å². The first-order chi connectivity index (χ1) is 9.06. The van der Waals surface area contributed by atoms with Crippen LogP contribution in [-0.2, 0) is 17.6 Å². The molecule has 2 heterocycles. The molecule has 0 saturated heterocycles. The minimum absolute atomic E-state index is 0.0270. The molecule has 1 amide bonds. The predicted octanol–water partition coefficient (Wildman–Crippen LogP) is 2.17. The maximum absolute atomic E-state index is 11.9. The van der Waals surface area contributed by atoms with Gasteiger partial charge in [0.2, 0.25) is 5.91 Å². The van der Waals surface area contributed by atoms with E-state index in [0.29, 0.717) is 18.6 Å². The Hall–Kier alpha value is -2.04. The highest BCUT2D eigenvalue weighted by Gasteiger charge is 2.15. The highest BCUT2D eigenvalue weighted by atomic mass is 16.5. The molecular weight excluding hydrogens is 244 g/mol. The SMILES string of the molecule is Cc1noc(C)c1CC(=O)N[C@@H](C)Cc1ccco1. The zero-order valence-electron chi connectivity index (χ0n) is 11.4. The predicted molar refractivity (Wildman–Crippen MR) is 69.7 cm³/mol. The van der Waals surface area contributed by atoms with E-state index in [1.165, 1.54) is 0 Å². The van der Waals surface area contributed by atoms with Gasteiger partial charge in [-0.25, -0.2) is 0 Å². The zero-order chi connectivity index (χ0) is 13.8. The van der Waals surface area contributed by atoms with E-state index >= 15 is 0 Å². The van der Waals surface area contributed by atoms with Crippen molar-refractivity contribution in [3.8, 4) is 0 Å². The van der Waals surface area contributed by atoms with Crippen LogP contribution in [0.2, 0.25) is 0 Å². The minimum atomic E-state index is -0.0338.